The zero-order valence-electron chi connectivity index (χ0n) is 18.1. The van der Waals surface area contributed by atoms with Crippen molar-refractivity contribution < 1.29 is 14.6 Å². The Bertz CT molecular complexity index is 967. The number of carbonyl (C=O) groups excluding carboxylic acids is 1. The highest BCUT2D eigenvalue weighted by Crippen LogP contribution is 2.48. The number of carbonyl (C=O) groups is 1. The van der Waals surface area contributed by atoms with Gasteiger partial charge in [-0.25, -0.2) is 4.79 Å². The highest BCUT2D eigenvalue weighted by Gasteiger charge is 2.46. The van der Waals surface area contributed by atoms with Gasteiger partial charge in [0, 0.05) is 40.6 Å². The Morgan fingerprint density at radius 3 is 2.21 bits per heavy atom. The molecule has 0 saturated heterocycles. The van der Waals surface area contributed by atoms with Gasteiger partial charge in [-0.2, -0.15) is 0 Å². The molecule has 29 heavy (non-hydrogen) atoms. The van der Waals surface area contributed by atoms with Crippen molar-refractivity contribution in [1.82, 2.24) is 0 Å². The molecule has 3 nitrogen and oxygen atoms in total. The molecular weight excluding hydrogens is 416 g/mol. The quantitative estimate of drug-likeness (QED) is 0.376. The first-order chi connectivity index (χ1) is 13.3. The van der Waals surface area contributed by atoms with E-state index in [1.807, 2.05) is 24.3 Å². The number of hydrogen-bond donors (Lipinski definition) is 1. The molecule has 0 aromatic heterocycles. The molecule has 0 radical (unpaired) electrons. The van der Waals surface area contributed by atoms with Gasteiger partial charge in [0.1, 0.15) is 13.8 Å². The van der Waals surface area contributed by atoms with Gasteiger partial charge in [0.15, 0.2) is 0 Å². The summed E-state index contributed by atoms with van der Waals surface area (Å²) in [6.07, 6.45) is 1.20. The van der Waals surface area contributed by atoms with E-state index in [-0.39, 0.29) is 5.97 Å². The molecule has 2 aliphatic rings. The fourth-order valence-electron chi connectivity index (χ4n) is 3.90. The van der Waals surface area contributed by atoms with Crippen molar-refractivity contribution in [3.63, 3.8) is 0 Å². The van der Waals surface area contributed by atoms with Crippen LogP contribution in [0.15, 0.2) is 40.8 Å². The van der Waals surface area contributed by atoms with Crippen molar-refractivity contribution >= 4 is 39.3 Å². The summed E-state index contributed by atoms with van der Waals surface area (Å²) in [6, 6.07) is 7.48. The van der Waals surface area contributed by atoms with Crippen molar-refractivity contribution in [3.05, 3.63) is 51.4 Å². The summed E-state index contributed by atoms with van der Waals surface area (Å²) in [6.45, 7) is 13.0. The zero-order chi connectivity index (χ0) is 21.6. The monoisotopic (exact) mass is 444 g/mol. The molecule has 1 N–H and O–H groups in total. The van der Waals surface area contributed by atoms with Gasteiger partial charge >= 0.3 is 5.97 Å². The molecule has 1 atom stereocenters. The van der Waals surface area contributed by atoms with E-state index in [0.717, 1.165) is 21.9 Å². The number of fused-ring (bicyclic) bond motifs is 1. The van der Waals surface area contributed by atoms with Crippen LogP contribution in [0, 0.1) is 11.5 Å². The second-order valence-electron chi connectivity index (χ2n) is 10.1. The maximum Gasteiger partial charge on any atom is 0.335 e. The molecule has 0 amide bonds. The lowest BCUT2D eigenvalue weighted by Crippen LogP contribution is -2.35. The average molecular weight is 445 g/mol. The standard InChI is InChI=1S/C23H29ClO3Si2/c1-28(2,3)13-7-12-23(26)14-18(16-8-10-17(24)11-9-16)20-19(15-23)21(22(25)27-20)29(4,5)6/h8-11,26H,12,14-15H2,1-6H3. The third kappa shape index (κ3) is 4.95. The van der Waals surface area contributed by atoms with Crippen LogP contribution in [0.4, 0.5) is 0 Å². The Balaban J connectivity index is 2.13. The van der Waals surface area contributed by atoms with Crippen LogP contribution in [-0.2, 0) is 9.53 Å². The lowest BCUT2D eigenvalue weighted by atomic mass is 9.77. The number of aliphatic hydroxyl groups is 1. The fourth-order valence-corrected chi connectivity index (χ4v) is 6.41. The number of ether oxygens (including phenoxy) is 1. The molecule has 1 aromatic carbocycles. The summed E-state index contributed by atoms with van der Waals surface area (Å²) in [7, 11) is -3.47. The van der Waals surface area contributed by atoms with E-state index in [4.69, 9.17) is 16.3 Å². The highest BCUT2D eigenvalue weighted by molar-refractivity contribution is 6.87. The Morgan fingerprint density at radius 2 is 1.66 bits per heavy atom. The number of benzene rings is 1. The van der Waals surface area contributed by atoms with Crippen molar-refractivity contribution in [2.24, 2.45) is 0 Å². The Hall–Kier alpha value is -1.59. The average Bonchev–Trinajstić information content (AvgIpc) is 2.89. The second kappa shape index (κ2) is 7.59. The van der Waals surface area contributed by atoms with Gasteiger partial charge in [0.25, 0.3) is 0 Å². The topological polar surface area (TPSA) is 46.5 Å². The van der Waals surface area contributed by atoms with Gasteiger partial charge in [-0.05, 0) is 17.7 Å². The lowest BCUT2D eigenvalue weighted by molar-refractivity contribution is -0.132. The largest absolute Gasteiger partial charge is 0.423 e. The number of allylic oxidation sites excluding steroid dienone is 1. The van der Waals surface area contributed by atoms with Gasteiger partial charge in [0.05, 0.1) is 13.7 Å². The number of rotatable bonds is 3. The first kappa shape index (κ1) is 22.1. The van der Waals surface area contributed by atoms with Crippen LogP contribution >= 0.6 is 11.6 Å². The van der Waals surface area contributed by atoms with Crippen LogP contribution < -0.4 is 0 Å². The first-order valence-electron chi connectivity index (χ1n) is 9.97. The van der Waals surface area contributed by atoms with Crippen molar-refractivity contribution in [3.8, 4) is 11.5 Å². The minimum absolute atomic E-state index is 0.252. The van der Waals surface area contributed by atoms with Crippen LogP contribution in [0.5, 0.6) is 0 Å². The van der Waals surface area contributed by atoms with Gasteiger partial charge in [0.2, 0.25) is 0 Å². The summed E-state index contributed by atoms with van der Waals surface area (Å²) in [5.41, 5.74) is 5.00. The van der Waals surface area contributed by atoms with Gasteiger partial charge < -0.3 is 9.84 Å². The van der Waals surface area contributed by atoms with Crippen LogP contribution in [0.2, 0.25) is 44.3 Å². The fraction of sp³-hybridized carbons (Fsp3) is 0.435. The minimum atomic E-state index is -1.95. The molecule has 1 heterocycles. The van der Waals surface area contributed by atoms with Crippen LogP contribution in [-0.4, -0.2) is 32.8 Å². The summed E-state index contributed by atoms with van der Waals surface area (Å²) in [4.78, 5) is 12.8. The van der Waals surface area contributed by atoms with Gasteiger partial charge in [-0.15, -0.1) is 11.5 Å². The smallest absolute Gasteiger partial charge is 0.335 e. The summed E-state index contributed by atoms with van der Waals surface area (Å²) >= 11 is 6.07. The predicted molar refractivity (Wildman–Crippen MR) is 125 cm³/mol. The van der Waals surface area contributed by atoms with Crippen molar-refractivity contribution in [1.29, 1.82) is 0 Å². The first-order valence-corrected chi connectivity index (χ1v) is 17.3. The molecule has 6 heteroatoms. The molecule has 0 spiro atoms. The van der Waals surface area contributed by atoms with Crippen LogP contribution in [0.1, 0.15) is 24.8 Å². The predicted octanol–water partition coefficient (Wildman–Crippen LogP) is 5.58. The minimum Gasteiger partial charge on any atom is -0.423 e. The van der Waals surface area contributed by atoms with Crippen LogP contribution in [0.3, 0.4) is 0 Å². The number of hydrogen-bond acceptors (Lipinski definition) is 3. The van der Waals surface area contributed by atoms with E-state index < -0.39 is 21.7 Å². The van der Waals surface area contributed by atoms with E-state index in [9.17, 15) is 9.90 Å². The van der Waals surface area contributed by atoms with Gasteiger partial charge in [-0.1, -0.05) is 63.0 Å². The Morgan fingerprint density at radius 1 is 1.07 bits per heavy atom. The van der Waals surface area contributed by atoms with Crippen LogP contribution in [0.25, 0.3) is 5.57 Å². The Labute approximate surface area is 180 Å². The summed E-state index contributed by atoms with van der Waals surface area (Å²) < 4.78 is 5.78. The number of halogens is 1. The Kier molecular flexibility index (Phi) is 5.78. The van der Waals surface area contributed by atoms with Crippen molar-refractivity contribution in [2.75, 3.05) is 0 Å². The lowest BCUT2D eigenvalue weighted by Gasteiger charge is -2.34. The molecule has 0 fully saturated rings. The zero-order valence-corrected chi connectivity index (χ0v) is 20.8. The summed E-state index contributed by atoms with van der Waals surface area (Å²) in [5.74, 6) is 3.63. The van der Waals surface area contributed by atoms with Gasteiger partial charge in [-0.3, -0.25) is 0 Å². The van der Waals surface area contributed by atoms with E-state index in [1.165, 1.54) is 0 Å². The molecule has 1 aliphatic carbocycles. The maximum absolute atomic E-state index is 12.8. The highest BCUT2D eigenvalue weighted by atomic mass is 35.5. The summed E-state index contributed by atoms with van der Waals surface area (Å²) in [5, 5.41) is 13.0. The maximum atomic E-state index is 12.8. The SMILES string of the molecule is C[Si](C)(C)C#CCC1(O)CC2=C([Si](C)(C)C)C(=O)OC2=C(c2ccc(Cl)cc2)C1. The van der Waals surface area contributed by atoms with E-state index in [1.54, 1.807) is 0 Å². The molecular formula is C23H29ClO3Si2. The molecule has 0 saturated carbocycles. The third-order valence-electron chi connectivity index (χ3n) is 5.08. The molecule has 1 aliphatic heterocycles. The molecule has 154 valence electrons. The second-order valence-corrected chi connectivity index (χ2v) is 20.3. The number of esters is 1. The molecule has 3 rings (SSSR count). The molecule has 1 aromatic rings. The van der Waals surface area contributed by atoms with E-state index >= 15 is 0 Å². The van der Waals surface area contributed by atoms with E-state index in [0.29, 0.717) is 30.0 Å². The normalized spacial score (nSPS) is 22.3. The third-order valence-corrected chi connectivity index (χ3v) is 8.27. The molecule has 1 unspecified atom stereocenters. The molecule has 0 bridgehead atoms. The van der Waals surface area contributed by atoms with E-state index in [2.05, 4.69) is 50.7 Å². The van der Waals surface area contributed by atoms with Crippen molar-refractivity contribution in [2.45, 2.75) is 64.1 Å².